The van der Waals surface area contributed by atoms with Gasteiger partial charge in [-0.2, -0.15) is 4.98 Å². The van der Waals surface area contributed by atoms with Crippen LogP contribution in [0.1, 0.15) is 5.82 Å². The number of fused-ring (bicyclic) bond motifs is 1. The van der Waals surface area contributed by atoms with E-state index in [0.29, 0.717) is 5.82 Å². The number of nitrogens with zero attached hydrogens (tertiary/aromatic N) is 3. The van der Waals surface area contributed by atoms with Crippen LogP contribution in [0.15, 0.2) is 33.6 Å². The van der Waals surface area contributed by atoms with Gasteiger partial charge in [0, 0.05) is 17.4 Å². The van der Waals surface area contributed by atoms with Gasteiger partial charge in [-0.05, 0) is 18.2 Å². The molecule has 1 N–H and O–H groups in total. The molecule has 0 fully saturated rings. The number of hydrogen-bond acceptors (Lipinski definition) is 6. The molecule has 92 valence electrons. The first-order valence-electron chi connectivity index (χ1n) is 5.36. The van der Waals surface area contributed by atoms with Crippen molar-refractivity contribution in [2.24, 2.45) is 0 Å². The summed E-state index contributed by atoms with van der Waals surface area (Å²) in [5.41, 5.74) is 1.00. The Morgan fingerprint density at radius 3 is 3.17 bits per heavy atom. The van der Waals surface area contributed by atoms with E-state index in [1.54, 1.807) is 11.3 Å². The van der Waals surface area contributed by atoms with Gasteiger partial charge in [0.2, 0.25) is 6.39 Å². The number of halogens is 1. The fourth-order valence-corrected chi connectivity index (χ4v) is 3.00. The van der Waals surface area contributed by atoms with E-state index in [0.717, 1.165) is 32.8 Å². The van der Waals surface area contributed by atoms with Crippen LogP contribution >= 0.6 is 27.3 Å². The molecule has 0 radical (unpaired) electrons. The van der Waals surface area contributed by atoms with Crippen molar-refractivity contribution in [1.82, 2.24) is 15.1 Å². The Hall–Kier alpha value is -1.47. The Kier molecular flexibility index (Phi) is 3.24. The fraction of sp³-hybridized carbons (Fsp3) is 0.182. The third kappa shape index (κ3) is 2.51. The van der Waals surface area contributed by atoms with Crippen LogP contribution in [-0.4, -0.2) is 21.7 Å². The van der Waals surface area contributed by atoms with Crippen molar-refractivity contribution in [3.63, 3.8) is 0 Å². The van der Waals surface area contributed by atoms with Crippen molar-refractivity contribution in [1.29, 1.82) is 0 Å². The molecule has 3 rings (SSSR count). The van der Waals surface area contributed by atoms with Gasteiger partial charge in [-0.1, -0.05) is 32.4 Å². The summed E-state index contributed by atoms with van der Waals surface area (Å²) < 4.78 is 6.90. The molecule has 0 aliphatic carbocycles. The van der Waals surface area contributed by atoms with Crippen molar-refractivity contribution >= 4 is 42.6 Å². The van der Waals surface area contributed by atoms with E-state index in [9.17, 15) is 0 Å². The lowest BCUT2D eigenvalue weighted by atomic mass is 10.3. The number of benzene rings is 1. The molecule has 0 saturated heterocycles. The van der Waals surface area contributed by atoms with E-state index >= 15 is 0 Å². The zero-order chi connectivity index (χ0) is 12.4. The Morgan fingerprint density at radius 1 is 1.39 bits per heavy atom. The summed E-state index contributed by atoms with van der Waals surface area (Å²) in [6.07, 6.45) is 2.06. The number of hydrogen-bond donors (Lipinski definition) is 1. The van der Waals surface area contributed by atoms with Gasteiger partial charge in [-0.15, -0.1) is 0 Å². The molecule has 7 heteroatoms. The zero-order valence-corrected chi connectivity index (χ0v) is 11.7. The highest BCUT2D eigenvalue weighted by Gasteiger charge is 2.04. The Balaban J connectivity index is 1.67. The van der Waals surface area contributed by atoms with Gasteiger partial charge < -0.3 is 9.84 Å². The highest BCUT2D eigenvalue weighted by atomic mass is 79.9. The first kappa shape index (κ1) is 11.6. The Bertz CT molecular complexity index is 652. The van der Waals surface area contributed by atoms with E-state index in [1.165, 1.54) is 6.39 Å². The van der Waals surface area contributed by atoms with Crippen molar-refractivity contribution in [2.75, 3.05) is 11.9 Å². The summed E-state index contributed by atoms with van der Waals surface area (Å²) >= 11 is 5.08. The van der Waals surface area contributed by atoms with Gasteiger partial charge in [0.25, 0.3) is 0 Å². The maximum Gasteiger partial charge on any atom is 0.213 e. The van der Waals surface area contributed by atoms with E-state index in [-0.39, 0.29) is 0 Å². The molecule has 2 aromatic heterocycles. The predicted molar refractivity (Wildman–Crippen MR) is 73.8 cm³/mol. The van der Waals surface area contributed by atoms with Crippen molar-refractivity contribution in [3.05, 3.63) is 34.9 Å². The minimum atomic E-state index is 0.700. The molecular formula is C11H9BrN4OS. The van der Waals surface area contributed by atoms with Crippen molar-refractivity contribution in [3.8, 4) is 0 Å². The van der Waals surface area contributed by atoms with Gasteiger partial charge in [0.15, 0.2) is 11.0 Å². The van der Waals surface area contributed by atoms with Gasteiger partial charge in [0.1, 0.15) is 0 Å². The molecule has 0 atom stereocenters. The highest BCUT2D eigenvalue weighted by Crippen LogP contribution is 2.28. The van der Waals surface area contributed by atoms with Crippen molar-refractivity contribution in [2.45, 2.75) is 6.42 Å². The molecule has 0 saturated carbocycles. The molecule has 1 aromatic carbocycles. The van der Waals surface area contributed by atoms with E-state index in [4.69, 9.17) is 0 Å². The van der Waals surface area contributed by atoms with Gasteiger partial charge in [-0.25, -0.2) is 4.98 Å². The van der Waals surface area contributed by atoms with Crippen LogP contribution in [0.2, 0.25) is 0 Å². The molecule has 18 heavy (non-hydrogen) atoms. The maximum atomic E-state index is 4.67. The Morgan fingerprint density at radius 2 is 2.33 bits per heavy atom. The second-order valence-corrected chi connectivity index (χ2v) is 5.60. The van der Waals surface area contributed by atoms with Crippen LogP contribution in [0.25, 0.3) is 10.2 Å². The number of rotatable bonds is 4. The summed E-state index contributed by atoms with van der Waals surface area (Å²) in [5, 5.41) is 7.92. The molecule has 0 spiro atoms. The summed E-state index contributed by atoms with van der Waals surface area (Å²) in [4.78, 5) is 8.46. The standard InChI is InChI=1S/C11H9BrN4OS/c12-7-1-2-8-9(5-7)18-11(15-8)13-4-3-10-14-6-17-16-10/h1-2,5-6H,3-4H2,(H,13,15). The normalized spacial score (nSPS) is 10.9. The monoisotopic (exact) mass is 324 g/mol. The molecule has 0 amide bonds. The number of anilines is 1. The molecule has 0 aliphatic rings. The topological polar surface area (TPSA) is 63.8 Å². The SMILES string of the molecule is Brc1ccc2nc(NCCc3ncon3)sc2c1. The first-order valence-corrected chi connectivity index (χ1v) is 6.97. The molecule has 0 unspecified atom stereocenters. The minimum Gasteiger partial charge on any atom is -0.361 e. The molecule has 2 heterocycles. The zero-order valence-electron chi connectivity index (χ0n) is 9.26. The van der Waals surface area contributed by atoms with Gasteiger partial charge >= 0.3 is 0 Å². The van der Waals surface area contributed by atoms with Crippen molar-refractivity contribution < 1.29 is 4.52 Å². The van der Waals surface area contributed by atoms with E-state index in [1.807, 2.05) is 12.1 Å². The Labute approximate surface area is 115 Å². The first-order chi connectivity index (χ1) is 8.81. The number of nitrogens with one attached hydrogen (secondary N) is 1. The summed E-state index contributed by atoms with van der Waals surface area (Å²) in [6, 6.07) is 6.06. The summed E-state index contributed by atoms with van der Waals surface area (Å²) in [6.45, 7) is 0.737. The van der Waals surface area contributed by atoms with Crippen LogP contribution in [0.4, 0.5) is 5.13 Å². The van der Waals surface area contributed by atoms with Crippen LogP contribution in [-0.2, 0) is 6.42 Å². The molecule has 5 nitrogen and oxygen atoms in total. The van der Waals surface area contributed by atoms with Crippen LogP contribution in [0.3, 0.4) is 0 Å². The number of thiazole rings is 1. The highest BCUT2D eigenvalue weighted by molar-refractivity contribution is 9.10. The lowest BCUT2D eigenvalue weighted by Crippen LogP contribution is -2.05. The number of aromatic nitrogens is 3. The van der Waals surface area contributed by atoms with Crippen LogP contribution < -0.4 is 5.32 Å². The van der Waals surface area contributed by atoms with Gasteiger partial charge in [-0.3, -0.25) is 0 Å². The molecule has 0 bridgehead atoms. The molecule has 0 aliphatic heterocycles. The third-order valence-corrected chi connectivity index (χ3v) is 3.85. The second-order valence-electron chi connectivity index (χ2n) is 3.66. The average Bonchev–Trinajstić information content (AvgIpc) is 2.97. The lowest BCUT2D eigenvalue weighted by molar-refractivity contribution is 0.410. The molecule has 3 aromatic rings. The third-order valence-electron chi connectivity index (χ3n) is 2.38. The predicted octanol–water partition coefficient (Wildman–Crippen LogP) is 3.10. The molecular weight excluding hydrogens is 316 g/mol. The van der Waals surface area contributed by atoms with E-state index in [2.05, 4.69) is 47.0 Å². The lowest BCUT2D eigenvalue weighted by Gasteiger charge is -1.97. The summed E-state index contributed by atoms with van der Waals surface area (Å²) in [5.74, 6) is 0.700. The second kappa shape index (κ2) is 5.03. The maximum absolute atomic E-state index is 4.67. The smallest absolute Gasteiger partial charge is 0.213 e. The summed E-state index contributed by atoms with van der Waals surface area (Å²) in [7, 11) is 0. The van der Waals surface area contributed by atoms with Crippen LogP contribution in [0.5, 0.6) is 0 Å². The quantitative estimate of drug-likeness (QED) is 0.798. The van der Waals surface area contributed by atoms with Crippen LogP contribution in [0, 0.1) is 0 Å². The van der Waals surface area contributed by atoms with Gasteiger partial charge in [0.05, 0.1) is 10.2 Å². The minimum absolute atomic E-state index is 0.700. The average molecular weight is 325 g/mol. The largest absolute Gasteiger partial charge is 0.361 e. The fourth-order valence-electron chi connectivity index (χ4n) is 1.56. The van der Waals surface area contributed by atoms with E-state index < -0.39 is 0 Å².